The second-order valence-electron chi connectivity index (χ2n) is 9.55. The molecule has 2 aliphatic heterocycles. The molecule has 2 aromatic rings. The van der Waals surface area contributed by atoms with Crippen LogP contribution >= 0.6 is 0 Å². The number of carbonyl (C=O) groups excluding carboxylic acids is 4. The van der Waals surface area contributed by atoms with Gasteiger partial charge in [0, 0.05) is 31.4 Å². The van der Waals surface area contributed by atoms with Crippen LogP contribution in [-0.4, -0.2) is 85.9 Å². The lowest BCUT2D eigenvalue weighted by Crippen LogP contribution is -2.62. The molecule has 3 atom stereocenters. The molecule has 4 rings (SSSR count). The molecule has 2 aliphatic rings. The van der Waals surface area contributed by atoms with Crippen molar-refractivity contribution in [2.75, 3.05) is 13.1 Å². The second kappa shape index (κ2) is 11.3. The number of hydrogen-bond donors (Lipinski definition) is 4. The summed E-state index contributed by atoms with van der Waals surface area (Å²) in [6, 6.07) is 1.39. The second-order valence-corrected chi connectivity index (χ2v) is 9.55. The van der Waals surface area contributed by atoms with Gasteiger partial charge in [0.25, 0.3) is 0 Å². The molecule has 0 radical (unpaired) electrons. The Labute approximate surface area is 227 Å². The first kappa shape index (κ1) is 28.5. The number of fused-ring (bicyclic) bond motifs is 1. The average molecular weight is 556 g/mol. The number of Topliss-reactive ketones (excluding diaryl/α,β-unsaturated/α-hetero) is 1. The number of nitrogens with zero attached hydrogens (tertiary/aromatic N) is 3. The lowest BCUT2D eigenvalue weighted by Gasteiger charge is -2.37. The van der Waals surface area contributed by atoms with E-state index in [9.17, 15) is 43.6 Å². The smallest absolute Gasteiger partial charge is 0.526 e. The van der Waals surface area contributed by atoms with Crippen molar-refractivity contribution in [1.29, 1.82) is 0 Å². The first-order valence-electron chi connectivity index (χ1n) is 12.4. The first-order valence-corrected chi connectivity index (χ1v) is 12.4. The summed E-state index contributed by atoms with van der Waals surface area (Å²) in [6.07, 6.45) is 0.416. The number of carbonyl (C=O) groups is 5. The third-order valence-electron chi connectivity index (χ3n) is 6.85. The van der Waals surface area contributed by atoms with Crippen molar-refractivity contribution in [3.05, 3.63) is 53.1 Å². The van der Waals surface area contributed by atoms with E-state index in [1.54, 1.807) is 13.0 Å². The van der Waals surface area contributed by atoms with E-state index < -0.39 is 78.3 Å². The zero-order chi connectivity index (χ0) is 29.3. The fourth-order valence-electron chi connectivity index (χ4n) is 4.83. The first-order chi connectivity index (χ1) is 18.9. The molecular formula is C25H26BFN4O9. The van der Waals surface area contributed by atoms with E-state index >= 15 is 0 Å². The monoisotopic (exact) mass is 556 g/mol. The van der Waals surface area contributed by atoms with Gasteiger partial charge >= 0.3 is 30.9 Å². The molecule has 1 saturated heterocycles. The summed E-state index contributed by atoms with van der Waals surface area (Å²) in [5.74, 6) is -6.73. The molecule has 15 heteroatoms. The molecule has 1 unspecified atom stereocenters. The number of urea groups is 1. The van der Waals surface area contributed by atoms with Crippen LogP contribution < -0.4 is 9.97 Å². The molecular weight excluding hydrogens is 530 g/mol. The van der Waals surface area contributed by atoms with Crippen molar-refractivity contribution in [2.24, 2.45) is 0 Å². The van der Waals surface area contributed by atoms with E-state index in [4.69, 9.17) is 4.65 Å². The van der Waals surface area contributed by atoms with Crippen molar-refractivity contribution in [3.63, 3.8) is 0 Å². The van der Waals surface area contributed by atoms with Crippen LogP contribution in [0, 0.1) is 5.82 Å². The third-order valence-corrected chi connectivity index (χ3v) is 6.85. The van der Waals surface area contributed by atoms with Gasteiger partial charge in [0.05, 0.1) is 17.8 Å². The van der Waals surface area contributed by atoms with E-state index in [0.717, 1.165) is 6.20 Å². The van der Waals surface area contributed by atoms with Gasteiger partial charge in [-0.15, -0.1) is 0 Å². The van der Waals surface area contributed by atoms with Crippen molar-refractivity contribution in [3.8, 4) is 11.5 Å². The molecule has 40 heavy (non-hydrogen) atoms. The topological polar surface area (TPSA) is 187 Å². The summed E-state index contributed by atoms with van der Waals surface area (Å²) in [5, 5.41) is 31.8. The highest BCUT2D eigenvalue weighted by molar-refractivity contribution is 6.47. The number of carboxylic acids is 1. The lowest BCUT2D eigenvalue weighted by atomic mass is 9.64. The largest absolute Gasteiger partial charge is 0.535 e. The Bertz CT molecular complexity index is 1390. The van der Waals surface area contributed by atoms with Gasteiger partial charge in [0.2, 0.25) is 0 Å². The van der Waals surface area contributed by atoms with E-state index in [0.29, 0.717) is 16.5 Å². The van der Waals surface area contributed by atoms with Gasteiger partial charge in [-0.25, -0.2) is 14.0 Å². The highest BCUT2D eigenvalue weighted by atomic mass is 19.1. The summed E-state index contributed by atoms with van der Waals surface area (Å²) in [4.78, 5) is 68.9. The number of aromatic nitrogens is 1. The number of pyridine rings is 1. The number of halogens is 1. The number of likely N-dealkylation sites (N-methyl/N-ethyl adjacent to an activating group) is 1. The molecule has 1 aromatic carbocycles. The van der Waals surface area contributed by atoms with Crippen molar-refractivity contribution < 1.29 is 48.3 Å². The van der Waals surface area contributed by atoms with Crippen LogP contribution in [0.3, 0.4) is 0 Å². The SMILES string of the molecule is CCN1C[C@@H](C)N(C(=O)NC(C(=O)C[C@H]2Cc3cccc(C(=O)O)c3OB2O)c2ncc(O)cc2F)C(=O)C1=O. The van der Waals surface area contributed by atoms with Gasteiger partial charge in [-0.3, -0.25) is 24.3 Å². The normalized spacial score (nSPS) is 19.6. The van der Waals surface area contributed by atoms with Crippen LogP contribution in [0.1, 0.15) is 47.9 Å². The van der Waals surface area contributed by atoms with Crippen molar-refractivity contribution in [1.82, 2.24) is 20.1 Å². The lowest BCUT2D eigenvalue weighted by molar-refractivity contribution is -0.155. The number of rotatable bonds is 7. The average Bonchev–Trinajstić information content (AvgIpc) is 2.89. The highest BCUT2D eigenvalue weighted by Gasteiger charge is 2.43. The summed E-state index contributed by atoms with van der Waals surface area (Å²) in [6.45, 7) is 3.51. The number of hydrogen-bond acceptors (Lipinski definition) is 9. The molecule has 1 aromatic heterocycles. The number of carboxylic acid groups (broad SMARTS) is 1. The van der Waals surface area contributed by atoms with Crippen LogP contribution in [-0.2, 0) is 20.8 Å². The van der Waals surface area contributed by atoms with Crippen LogP contribution in [0.2, 0.25) is 5.82 Å². The minimum atomic E-state index is -1.77. The number of ketones is 1. The summed E-state index contributed by atoms with van der Waals surface area (Å²) in [7, 11) is -1.60. The molecule has 0 spiro atoms. The standard InChI is InChI=1S/C25H26BFN4O9/c1-3-30-11-12(2)31(23(35)22(30)34)25(38)29-20(19-17(27)9-15(32)10-28-19)18(33)8-14-7-13-5-4-6-16(24(36)37)21(13)40-26(14)39/h4-6,9-10,12,14,20,32,39H,3,7-8,11H2,1-2H3,(H,29,38)(H,36,37)/t12-,14-,20?/m1/s1. The maximum absolute atomic E-state index is 14.8. The Kier molecular flexibility index (Phi) is 8.04. The Morgan fingerprint density at radius 2 is 2.00 bits per heavy atom. The maximum atomic E-state index is 14.8. The number of nitrogens with one attached hydrogen (secondary N) is 1. The predicted molar refractivity (Wildman–Crippen MR) is 135 cm³/mol. The van der Waals surface area contributed by atoms with Gasteiger partial charge in [0.15, 0.2) is 11.6 Å². The number of benzene rings is 1. The number of aromatic hydroxyl groups is 1. The minimum Gasteiger partial charge on any atom is -0.535 e. The Balaban J connectivity index is 1.60. The number of para-hydroxylation sites is 1. The molecule has 0 saturated carbocycles. The van der Waals surface area contributed by atoms with Crippen LogP contribution in [0.25, 0.3) is 0 Å². The quantitative estimate of drug-likeness (QED) is 0.282. The Morgan fingerprint density at radius 1 is 1.27 bits per heavy atom. The molecule has 4 N–H and O–H groups in total. The summed E-state index contributed by atoms with van der Waals surface area (Å²) in [5.41, 5.74) is -0.308. The predicted octanol–water partition coefficient (Wildman–Crippen LogP) is 0.899. The van der Waals surface area contributed by atoms with Crippen LogP contribution in [0.15, 0.2) is 30.5 Å². The van der Waals surface area contributed by atoms with Crippen LogP contribution in [0.4, 0.5) is 9.18 Å². The Morgan fingerprint density at radius 3 is 2.65 bits per heavy atom. The van der Waals surface area contributed by atoms with E-state index in [2.05, 4.69) is 10.3 Å². The van der Waals surface area contributed by atoms with Gasteiger partial charge < -0.3 is 30.1 Å². The molecule has 210 valence electrons. The van der Waals surface area contributed by atoms with Crippen molar-refractivity contribution in [2.45, 2.75) is 44.6 Å². The Hall–Kier alpha value is -4.53. The van der Waals surface area contributed by atoms with Gasteiger partial charge in [-0.1, -0.05) is 12.1 Å². The minimum absolute atomic E-state index is 0.0263. The van der Waals surface area contributed by atoms with E-state index in [-0.39, 0.29) is 30.8 Å². The van der Waals surface area contributed by atoms with E-state index in [1.165, 1.54) is 24.0 Å². The van der Waals surface area contributed by atoms with E-state index in [1.807, 2.05) is 0 Å². The summed E-state index contributed by atoms with van der Waals surface area (Å²) >= 11 is 0. The molecule has 3 heterocycles. The fourth-order valence-corrected chi connectivity index (χ4v) is 4.83. The zero-order valence-electron chi connectivity index (χ0n) is 21.5. The fraction of sp³-hybridized carbons (Fsp3) is 0.360. The molecule has 4 amide bonds. The third kappa shape index (κ3) is 5.45. The number of piperazine rings is 1. The molecule has 0 aliphatic carbocycles. The number of aromatic carboxylic acids is 1. The van der Waals surface area contributed by atoms with Gasteiger partial charge in [-0.2, -0.15) is 0 Å². The molecule has 13 nitrogen and oxygen atoms in total. The summed E-state index contributed by atoms with van der Waals surface area (Å²) < 4.78 is 20.3. The van der Waals surface area contributed by atoms with Gasteiger partial charge in [0.1, 0.15) is 23.2 Å². The molecule has 0 bridgehead atoms. The maximum Gasteiger partial charge on any atom is 0.526 e. The number of imide groups is 1. The number of amides is 4. The van der Waals surface area contributed by atoms with Gasteiger partial charge in [-0.05, 0) is 31.9 Å². The highest BCUT2D eigenvalue weighted by Crippen LogP contribution is 2.37. The molecule has 1 fully saturated rings. The van der Waals surface area contributed by atoms with Crippen LogP contribution in [0.5, 0.6) is 11.5 Å². The van der Waals surface area contributed by atoms with Crippen molar-refractivity contribution >= 4 is 36.7 Å². The zero-order valence-corrected chi connectivity index (χ0v) is 21.5.